The first-order valence-corrected chi connectivity index (χ1v) is 7.69. The number of amides is 1. The van der Waals surface area contributed by atoms with E-state index in [1.807, 2.05) is 0 Å². The third-order valence-corrected chi connectivity index (χ3v) is 4.40. The number of hydrogen-bond donors (Lipinski definition) is 2. The average molecular weight is 304 g/mol. The number of carbonyl (C=O) groups is 2. The Morgan fingerprint density at radius 2 is 1.95 bits per heavy atom. The van der Waals surface area contributed by atoms with Crippen LogP contribution in [0.4, 0.5) is 5.82 Å². The number of carboxylic acid groups (broad SMARTS) is 1. The number of carbonyl (C=O) groups excluding carboxylic acids is 1. The fraction of sp³-hybridized carbons (Fsp3) is 0.600. The van der Waals surface area contributed by atoms with Gasteiger partial charge in [-0.2, -0.15) is 0 Å². The Morgan fingerprint density at radius 1 is 1.23 bits per heavy atom. The fourth-order valence-corrected chi connectivity index (χ4v) is 2.91. The quantitative estimate of drug-likeness (QED) is 0.830. The van der Waals surface area contributed by atoms with Crippen molar-refractivity contribution in [1.82, 2.24) is 15.3 Å². The van der Waals surface area contributed by atoms with E-state index in [9.17, 15) is 14.7 Å². The van der Waals surface area contributed by atoms with Crippen LogP contribution in [0.1, 0.15) is 25.7 Å². The average Bonchev–Trinajstić information content (AvgIpc) is 3.38. The SMILES string of the molecule is O=C(NC(C(=O)O)C1CC1)C1CCN(c2cnccn2)CC1. The minimum atomic E-state index is -0.923. The summed E-state index contributed by atoms with van der Waals surface area (Å²) >= 11 is 0. The summed E-state index contributed by atoms with van der Waals surface area (Å²) in [6, 6.07) is -0.717. The number of nitrogens with one attached hydrogen (secondary N) is 1. The van der Waals surface area contributed by atoms with E-state index >= 15 is 0 Å². The largest absolute Gasteiger partial charge is 0.480 e. The molecule has 118 valence electrons. The predicted molar refractivity (Wildman–Crippen MR) is 79.3 cm³/mol. The van der Waals surface area contributed by atoms with Gasteiger partial charge >= 0.3 is 5.97 Å². The molecule has 1 atom stereocenters. The molecule has 0 spiro atoms. The molecule has 0 bridgehead atoms. The van der Waals surface area contributed by atoms with Crippen LogP contribution in [0.3, 0.4) is 0 Å². The van der Waals surface area contributed by atoms with Crippen molar-refractivity contribution in [2.45, 2.75) is 31.7 Å². The van der Waals surface area contributed by atoms with Gasteiger partial charge in [0.25, 0.3) is 0 Å². The number of nitrogens with zero attached hydrogens (tertiary/aromatic N) is 3. The van der Waals surface area contributed by atoms with Gasteiger partial charge in [0.15, 0.2) is 0 Å². The van der Waals surface area contributed by atoms with Crippen molar-refractivity contribution in [3.8, 4) is 0 Å². The number of carboxylic acids is 1. The minimum Gasteiger partial charge on any atom is -0.480 e. The van der Waals surface area contributed by atoms with Crippen LogP contribution in [-0.2, 0) is 9.59 Å². The number of aromatic nitrogens is 2. The summed E-state index contributed by atoms with van der Waals surface area (Å²) < 4.78 is 0. The molecule has 2 aliphatic rings. The molecule has 0 aromatic carbocycles. The van der Waals surface area contributed by atoms with Gasteiger partial charge in [-0.1, -0.05) is 0 Å². The van der Waals surface area contributed by atoms with Gasteiger partial charge in [0.05, 0.1) is 6.20 Å². The highest BCUT2D eigenvalue weighted by atomic mass is 16.4. The lowest BCUT2D eigenvalue weighted by Gasteiger charge is -2.32. The molecule has 2 heterocycles. The lowest BCUT2D eigenvalue weighted by atomic mass is 9.95. The molecule has 1 aromatic rings. The summed E-state index contributed by atoms with van der Waals surface area (Å²) in [6.07, 6.45) is 8.20. The first kappa shape index (κ1) is 14.7. The zero-order valence-corrected chi connectivity index (χ0v) is 12.3. The Labute approximate surface area is 128 Å². The van der Waals surface area contributed by atoms with Gasteiger partial charge in [-0.25, -0.2) is 9.78 Å². The summed E-state index contributed by atoms with van der Waals surface area (Å²) in [5.41, 5.74) is 0. The van der Waals surface area contributed by atoms with Crippen LogP contribution in [0.15, 0.2) is 18.6 Å². The Balaban J connectivity index is 1.52. The second-order valence-corrected chi connectivity index (χ2v) is 5.99. The zero-order chi connectivity index (χ0) is 15.5. The van der Waals surface area contributed by atoms with Crippen LogP contribution in [0.25, 0.3) is 0 Å². The molecule has 0 radical (unpaired) electrons. The van der Waals surface area contributed by atoms with E-state index in [1.165, 1.54) is 0 Å². The molecule has 1 saturated carbocycles. The fourth-order valence-electron chi connectivity index (χ4n) is 2.91. The van der Waals surface area contributed by atoms with Crippen LogP contribution in [0.5, 0.6) is 0 Å². The van der Waals surface area contributed by atoms with Gasteiger partial charge in [-0.3, -0.25) is 9.78 Å². The van der Waals surface area contributed by atoms with Gasteiger partial charge in [-0.15, -0.1) is 0 Å². The van der Waals surface area contributed by atoms with E-state index in [1.54, 1.807) is 18.6 Å². The molecule has 1 aromatic heterocycles. The second-order valence-electron chi connectivity index (χ2n) is 5.99. The number of hydrogen-bond acceptors (Lipinski definition) is 5. The topological polar surface area (TPSA) is 95.4 Å². The smallest absolute Gasteiger partial charge is 0.326 e. The monoisotopic (exact) mass is 304 g/mol. The van der Waals surface area contributed by atoms with Gasteiger partial charge in [0, 0.05) is 31.4 Å². The van der Waals surface area contributed by atoms with Crippen molar-refractivity contribution >= 4 is 17.7 Å². The summed E-state index contributed by atoms with van der Waals surface area (Å²) in [6.45, 7) is 1.47. The molecule has 1 aliphatic carbocycles. The number of anilines is 1. The maximum Gasteiger partial charge on any atom is 0.326 e. The van der Waals surface area contributed by atoms with E-state index < -0.39 is 12.0 Å². The van der Waals surface area contributed by atoms with Gasteiger partial charge < -0.3 is 15.3 Å². The van der Waals surface area contributed by atoms with Crippen molar-refractivity contribution in [1.29, 1.82) is 0 Å². The van der Waals surface area contributed by atoms with E-state index in [-0.39, 0.29) is 17.7 Å². The van der Waals surface area contributed by atoms with Crippen LogP contribution in [-0.4, -0.2) is 46.1 Å². The van der Waals surface area contributed by atoms with Crippen LogP contribution in [0.2, 0.25) is 0 Å². The molecule has 2 N–H and O–H groups in total. The summed E-state index contributed by atoms with van der Waals surface area (Å²) in [4.78, 5) is 33.9. The van der Waals surface area contributed by atoms with Gasteiger partial charge in [0.1, 0.15) is 11.9 Å². The number of piperidine rings is 1. The van der Waals surface area contributed by atoms with E-state index in [4.69, 9.17) is 0 Å². The molecular weight excluding hydrogens is 284 g/mol. The summed E-state index contributed by atoms with van der Waals surface area (Å²) in [5.74, 6) is -0.233. The number of aliphatic carboxylic acids is 1. The van der Waals surface area contributed by atoms with Crippen LogP contribution < -0.4 is 10.2 Å². The first-order chi connectivity index (χ1) is 10.6. The highest BCUT2D eigenvalue weighted by Gasteiger charge is 2.38. The van der Waals surface area contributed by atoms with Crippen molar-refractivity contribution in [2.75, 3.05) is 18.0 Å². The van der Waals surface area contributed by atoms with Gasteiger partial charge in [-0.05, 0) is 31.6 Å². The lowest BCUT2D eigenvalue weighted by molar-refractivity contribution is -0.143. The number of rotatable bonds is 5. The normalized spacial score (nSPS) is 20.5. The van der Waals surface area contributed by atoms with Gasteiger partial charge in [0.2, 0.25) is 5.91 Å². The third-order valence-electron chi connectivity index (χ3n) is 4.40. The molecule has 7 heteroatoms. The molecular formula is C15H20N4O3. The Bertz CT molecular complexity index is 539. The molecule has 1 unspecified atom stereocenters. The first-order valence-electron chi connectivity index (χ1n) is 7.69. The summed E-state index contributed by atoms with van der Waals surface area (Å²) in [5, 5.41) is 11.9. The van der Waals surface area contributed by atoms with Crippen molar-refractivity contribution in [3.63, 3.8) is 0 Å². The molecule has 1 amide bonds. The lowest BCUT2D eigenvalue weighted by Crippen LogP contribution is -2.47. The van der Waals surface area contributed by atoms with E-state index in [0.717, 1.165) is 31.7 Å². The molecule has 22 heavy (non-hydrogen) atoms. The maximum atomic E-state index is 12.3. The van der Waals surface area contributed by atoms with Crippen molar-refractivity contribution in [2.24, 2.45) is 11.8 Å². The van der Waals surface area contributed by atoms with E-state index in [2.05, 4.69) is 20.2 Å². The zero-order valence-electron chi connectivity index (χ0n) is 12.3. The minimum absolute atomic E-state index is 0.112. The molecule has 1 aliphatic heterocycles. The Kier molecular flexibility index (Phi) is 4.22. The summed E-state index contributed by atoms with van der Waals surface area (Å²) in [7, 11) is 0. The molecule has 1 saturated heterocycles. The molecule has 2 fully saturated rings. The van der Waals surface area contributed by atoms with Crippen LogP contribution >= 0.6 is 0 Å². The van der Waals surface area contributed by atoms with E-state index in [0.29, 0.717) is 12.8 Å². The van der Waals surface area contributed by atoms with Crippen molar-refractivity contribution < 1.29 is 14.7 Å². The van der Waals surface area contributed by atoms with Crippen LogP contribution in [0, 0.1) is 11.8 Å². The second kappa shape index (κ2) is 6.29. The predicted octanol–water partition coefficient (Wildman–Crippen LogP) is 0.672. The maximum absolute atomic E-state index is 12.3. The Morgan fingerprint density at radius 3 is 2.50 bits per heavy atom. The highest BCUT2D eigenvalue weighted by Crippen LogP contribution is 2.33. The third kappa shape index (κ3) is 3.35. The molecule has 3 rings (SSSR count). The van der Waals surface area contributed by atoms with Crippen molar-refractivity contribution in [3.05, 3.63) is 18.6 Å². The molecule has 7 nitrogen and oxygen atoms in total. The highest BCUT2D eigenvalue weighted by molar-refractivity contribution is 5.85. The Hall–Kier alpha value is -2.18. The standard InChI is InChI=1S/C15H20N4O3/c20-14(18-13(15(21)22)10-1-2-10)11-3-7-19(8-4-11)12-9-16-5-6-17-12/h5-6,9-11,13H,1-4,7-8H2,(H,18,20)(H,21,22).